The summed E-state index contributed by atoms with van der Waals surface area (Å²) in [6, 6.07) is 5.97. The standard InChI is InChI=1S/C15H21N5O/c1-19(2)15-11(16)8-13-12(18-15)5-6-14(17-13)20-7-3-4-10(20)9-21/h5-6,8,10,21H,3-4,7,9,16H2,1-2H3. The highest BCUT2D eigenvalue weighted by Gasteiger charge is 2.25. The van der Waals surface area contributed by atoms with Crippen molar-refractivity contribution in [2.24, 2.45) is 0 Å². The SMILES string of the molecule is CN(C)c1nc2ccc(N3CCCC3CO)nc2cc1N. The number of hydrogen-bond acceptors (Lipinski definition) is 6. The van der Waals surface area contributed by atoms with Gasteiger partial charge in [0, 0.05) is 20.6 Å². The van der Waals surface area contributed by atoms with Gasteiger partial charge in [0.05, 0.1) is 29.4 Å². The van der Waals surface area contributed by atoms with Crippen LogP contribution in [0.3, 0.4) is 0 Å². The lowest BCUT2D eigenvalue weighted by Gasteiger charge is -2.24. The molecule has 21 heavy (non-hydrogen) atoms. The smallest absolute Gasteiger partial charge is 0.152 e. The molecule has 2 aromatic heterocycles. The van der Waals surface area contributed by atoms with Crippen molar-refractivity contribution < 1.29 is 5.11 Å². The van der Waals surface area contributed by atoms with E-state index in [9.17, 15) is 5.11 Å². The van der Waals surface area contributed by atoms with Crippen molar-refractivity contribution in [3.63, 3.8) is 0 Å². The molecule has 1 fully saturated rings. The maximum Gasteiger partial charge on any atom is 0.152 e. The van der Waals surface area contributed by atoms with Crippen molar-refractivity contribution in [3.05, 3.63) is 18.2 Å². The Hall–Kier alpha value is -2.08. The maximum atomic E-state index is 9.45. The van der Waals surface area contributed by atoms with Crippen molar-refractivity contribution in [1.29, 1.82) is 0 Å². The van der Waals surface area contributed by atoms with Crippen molar-refractivity contribution in [2.45, 2.75) is 18.9 Å². The lowest BCUT2D eigenvalue weighted by Crippen LogP contribution is -2.32. The molecule has 6 heteroatoms. The first-order valence-corrected chi connectivity index (χ1v) is 7.22. The molecule has 0 aromatic carbocycles. The molecule has 0 saturated carbocycles. The van der Waals surface area contributed by atoms with E-state index in [1.807, 2.05) is 37.2 Å². The van der Waals surface area contributed by atoms with Gasteiger partial charge in [-0.05, 0) is 31.0 Å². The van der Waals surface area contributed by atoms with Crippen molar-refractivity contribution in [3.8, 4) is 0 Å². The topological polar surface area (TPSA) is 78.5 Å². The molecule has 3 heterocycles. The summed E-state index contributed by atoms with van der Waals surface area (Å²) in [6.07, 6.45) is 2.10. The van der Waals surface area contributed by atoms with Gasteiger partial charge in [0.15, 0.2) is 5.82 Å². The van der Waals surface area contributed by atoms with Gasteiger partial charge >= 0.3 is 0 Å². The van der Waals surface area contributed by atoms with Crippen LogP contribution in [0.4, 0.5) is 17.3 Å². The molecule has 0 spiro atoms. The molecule has 112 valence electrons. The van der Waals surface area contributed by atoms with E-state index in [-0.39, 0.29) is 12.6 Å². The molecule has 6 nitrogen and oxygen atoms in total. The first kappa shape index (κ1) is 13.9. The molecule has 1 aliphatic heterocycles. The van der Waals surface area contributed by atoms with Gasteiger partial charge in [-0.25, -0.2) is 9.97 Å². The molecule has 3 N–H and O–H groups in total. The number of aliphatic hydroxyl groups is 1. The molecular weight excluding hydrogens is 266 g/mol. The number of fused-ring (bicyclic) bond motifs is 1. The molecular formula is C15H21N5O. The molecule has 0 aliphatic carbocycles. The van der Waals surface area contributed by atoms with Crippen LogP contribution in [0.15, 0.2) is 18.2 Å². The van der Waals surface area contributed by atoms with Gasteiger partial charge in [0.25, 0.3) is 0 Å². The monoisotopic (exact) mass is 287 g/mol. The predicted molar refractivity (Wildman–Crippen MR) is 85.7 cm³/mol. The van der Waals surface area contributed by atoms with E-state index >= 15 is 0 Å². The minimum absolute atomic E-state index is 0.166. The Labute approximate surface area is 124 Å². The summed E-state index contributed by atoms with van der Waals surface area (Å²) in [5, 5.41) is 9.45. The van der Waals surface area contributed by atoms with Crippen LogP contribution >= 0.6 is 0 Å². The summed E-state index contributed by atoms with van der Waals surface area (Å²) in [6.45, 7) is 1.10. The van der Waals surface area contributed by atoms with Gasteiger partial charge in [-0.2, -0.15) is 0 Å². The number of aromatic nitrogens is 2. The van der Waals surface area contributed by atoms with E-state index in [0.717, 1.165) is 42.1 Å². The second kappa shape index (κ2) is 5.37. The maximum absolute atomic E-state index is 9.45. The summed E-state index contributed by atoms with van der Waals surface area (Å²) in [4.78, 5) is 13.3. The summed E-state index contributed by atoms with van der Waals surface area (Å²) in [5.74, 6) is 1.64. The number of rotatable bonds is 3. The number of aliphatic hydroxyl groups excluding tert-OH is 1. The van der Waals surface area contributed by atoms with Crippen LogP contribution in [0.2, 0.25) is 0 Å². The Morgan fingerprint density at radius 3 is 2.86 bits per heavy atom. The lowest BCUT2D eigenvalue weighted by molar-refractivity contribution is 0.266. The number of nitrogens with two attached hydrogens (primary N) is 1. The second-order valence-electron chi connectivity index (χ2n) is 5.68. The fourth-order valence-corrected chi connectivity index (χ4v) is 2.89. The highest BCUT2D eigenvalue weighted by molar-refractivity contribution is 5.84. The summed E-state index contributed by atoms with van der Waals surface area (Å²) < 4.78 is 0. The Bertz CT molecular complexity index is 658. The van der Waals surface area contributed by atoms with Gasteiger partial charge in [-0.3, -0.25) is 0 Å². The molecule has 1 aliphatic rings. The fraction of sp³-hybridized carbons (Fsp3) is 0.467. The zero-order valence-electron chi connectivity index (χ0n) is 12.5. The Morgan fingerprint density at radius 2 is 2.14 bits per heavy atom. The van der Waals surface area contributed by atoms with Crippen LogP contribution in [-0.2, 0) is 0 Å². The number of pyridine rings is 2. The average Bonchev–Trinajstić information content (AvgIpc) is 2.94. The van der Waals surface area contributed by atoms with Crippen molar-refractivity contribution in [1.82, 2.24) is 9.97 Å². The van der Waals surface area contributed by atoms with Crippen LogP contribution in [0.25, 0.3) is 11.0 Å². The number of hydrogen-bond donors (Lipinski definition) is 2. The van der Waals surface area contributed by atoms with Crippen LogP contribution < -0.4 is 15.5 Å². The van der Waals surface area contributed by atoms with E-state index in [0.29, 0.717) is 5.69 Å². The minimum atomic E-state index is 0.166. The first-order chi connectivity index (χ1) is 10.1. The van der Waals surface area contributed by atoms with Gasteiger partial charge < -0.3 is 20.6 Å². The van der Waals surface area contributed by atoms with E-state index < -0.39 is 0 Å². The minimum Gasteiger partial charge on any atom is -0.396 e. The Balaban J connectivity index is 2.02. The molecule has 0 bridgehead atoms. The number of anilines is 3. The highest BCUT2D eigenvalue weighted by atomic mass is 16.3. The molecule has 0 amide bonds. The zero-order chi connectivity index (χ0) is 15.0. The third kappa shape index (κ3) is 2.47. The van der Waals surface area contributed by atoms with Crippen LogP contribution in [-0.4, -0.2) is 48.4 Å². The fourth-order valence-electron chi connectivity index (χ4n) is 2.89. The van der Waals surface area contributed by atoms with Gasteiger partial charge in [-0.1, -0.05) is 0 Å². The van der Waals surface area contributed by atoms with E-state index in [2.05, 4.69) is 14.9 Å². The lowest BCUT2D eigenvalue weighted by atomic mass is 10.2. The molecule has 1 atom stereocenters. The Morgan fingerprint density at radius 1 is 1.33 bits per heavy atom. The zero-order valence-corrected chi connectivity index (χ0v) is 12.5. The van der Waals surface area contributed by atoms with Gasteiger partial charge in [0.2, 0.25) is 0 Å². The summed E-state index contributed by atoms with van der Waals surface area (Å²) in [7, 11) is 3.84. The third-order valence-corrected chi connectivity index (χ3v) is 3.97. The van der Waals surface area contributed by atoms with Crippen molar-refractivity contribution >= 4 is 28.4 Å². The normalized spacial score (nSPS) is 18.4. The second-order valence-corrected chi connectivity index (χ2v) is 5.68. The number of nitrogens with zero attached hydrogens (tertiary/aromatic N) is 4. The summed E-state index contributed by atoms with van der Waals surface area (Å²) in [5.41, 5.74) is 8.29. The average molecular weight is 287 g/mol. The molecule has 0 radical (unpaired) electrons. The third-order valence-electron chi connectivity index (χ3n) is 3.97. The highest BCUT2D eigenvalue weighted by Crippen LogP contribution is 2.28. The van der Waals surface area contributed by atoms with Crippen molar-refractivity contribution in [2.75, 3.05) is 42.8 Å². The summed E-state index contributed by atoms with van der Waals surface area (Å²) >= 11 is 0. The van der Waals surface area contributed by atoms with E-state index in [4.69, 9.17) is 5.73 Å². The Kier molecular flexibility index (Phi) is 3.55. The molecule has 2 aromatic rings. The van der Waals surface area contributed by atoms with E-state index in [1.54, 1.807) is 0 Å². The van der Waals surface area contributed by atoms with Gasteiger partial charge in [0.1, 0.15) is 5.82 Å². The molecule has 1 unspecified atom stereocenters. The number of nitrogen functional groups attached to an aromatic ring is 1. The largest absolute Gasteiger partial charge is 0.396 e. The van der Waals surface area contributed by atoms with Crippen LogP contribution in [0.1, 0.15) is 12.8 Å². The first-order valence-electron chi connectivity index (χ1n) is 7.22. The van der Waals surface area contributed by atoms with Crippen LogP contribution in [0, 0.1) is 0 Å². The van der Waals surface area contributed by atoms with Gasteiger partial charge in [-0.15, -0.1) is 0 Å². The molecule has 3 rings (SSSR count). The predicted octanol–water partition coefficient (Wildman–Crippen LogP) is 1.24. The quantitative estimate of drug-likeness (QED) is 0.884. The molecule has 1 saturated heterocycles. The van der Waals surface area contributed by atoms with E-state index in [1.165, 1.54) is 0 Å². The van der Waals surface area contributed by atoms with Crippen LogP contribution in [0.5, 0.6) is 0 Å².